The molecule has 2 rings (SSSR count). The van der Waals surface area contributed by atoms with Crippen LogP contribution in [0, 0.1) is 5.41 Å². The maximum atomic E-state index is 9.59. The largest absolute Gasteiger partial charge is 0.394 e. The van der Waals surface area contributed by atoms with E-state index in [1.165, 1.54) is 25.7 Å². The zero-order chi connectivity index (χ0) is 13.9. The molecule has 2 aliphatic carbocycles. The maximum Gasteiger partial charge on any atom is 0.0661 e. The molecule has 0 saturated heterocycles. The molecule has 1 spiro atoms. The van der Waals surface area contributed by atoms with Gasteiger partial charge < -0.3 is 20.3 Å². The van der Waals surface area contributed by atoms with Crippen molar-refractivity contribution in [2.45, 2.75) is 70.1 Å². The molecule has 112 valence electrons. The molecule has 0 bridgehead atoms. The van der Waals surface area contributed by atoms with Crippen molar-refractivity contribution in [3.05, 3.63) is 0 Å². The highest BCUT2D eigenvalue weighted by molar-refractivity contribution is 5.12. The lowest BCUT2D eigenvalue weighted by atomic mass is 9.60. The fourth-order valence-corrected chi connectivity index (χ4v) is 3.93. The van der Waals surface area contributed by atoms with Crippen molar-refractivity contribution >= 4 is 0 Å². The predicted molar refractivity (Wildman–Crippen MR) is 75.0 cm³/mol. The Labute approximate surface area is 116 Å². The Hall–Kier alpha value is -0.160. The Balaban J connectivity index is 2.05. The van der Waals surface area contributed by atoms with Crippen molar-refractivity contribution in [3.8, 4) is 0 Å². The third-order valence-electron chi connectivity index (χ3n) is 5.45. The molecule has 0 heterocycles. The normalized spacial score (nSPS) is 29.7. The molecule has 0 aromatic rings. The zero-order valence-corrected chi connectivity index (χ0v) is 12.3. The summed E-state index contributed by atoms with van der Waals surface area (Å²) in [6.45, 7) is 4.83. The van der Waals surface area contributed by atoms with Gasteiger partial charge in [-0.05, 0) is 32.6 Å². The van der Waals surface area contributed by atoms with Crippen LogP contribution in [0.1, 0.15) is 52.4 Å². The molecule has 0 radical (unpaired) electrons. The van der Waals surface area contributed by atoms with Gasteiger partial charge in [-0.1, -0.05) is 19.8 Å². The quantitative estimate of drug-likeness (QED) is 0.656. The van der Waals surface area contributed by atoms with Gasteiger partial charge in [-0.25, -0.2) is 0 Å². The Morgan fingerprint density at radius 1 is 1.21 bits per heavy atom. The molecule has 2 aliphatic rings. The fraction of sp³-hybridized carbons (Fsp3) is 1.00. The van der Waals surface area contributed by atoms with E-state index in [0.717, 1.165) is 19.4 Å². The van der Waals surface area contributed by atoms with Crippen molar-refractivity contribution in [2.24, 2.45) is 5.41 Å². The number of hydrogen-bond acceptors (Lipinski definition) is 4. The Morgan fingerprint density at radius 2 is 1.84 bits per heavy atom. The summed E-state index contributed by atoms with van der Waals surface area (Å²) in [5, 5.41) is 22.7. The Morgan fingerprint density at radius 3 is 2.32 bits per heavy atom. The third kappa shape index (κ3) is 2.56. The summed E-state index contributed by atoms with van der Waals surface area (Å²) in [7, 11) is 0. The van der Waals surface area contributed by atoms with Crippen LogP contribution in [-0.4, -0.2) is 47.7 Å². The molecule has 4 heteroatoms. The van der Waals surface area contributed by atoms with Crippen LogP contribution in [0.5, 0.6) is 0 Å². The molecule has 0 aromatic heterocycles. The van der Waals surface area contributed by atoms with Gasteiger partial charge in [-0.15, -0.1) is 0 Å². The van der Waals surface area contributed by atoms with Crippen molar-refractivity contribution in [1.82, 2.24) is 5.32 Å². The van der Waals surface area contributed by atoms with Crippen LogP contribution in [-0.2, 0) is 4.74 Å². The van der Waals surface area contributed by atoms with Crippen molar-refractivity contribution < 1.29 is 14.9 Å². The molecule has 3 N–H and O–H groups in total. The third-order valence-corrected chi connectivity index (χ3v) is 5.45. The van der Waals surface area contributed by atoms with Crippen LogP contribution < -0.4 is 5.32 Å². The van der Waals surface area contributed by atoms with Crippen molar-refractivity contribution in [3.63, 3.8) is 0 Å². The average molecular weight is 271 g/mol. The van der Waals surface area contributed by atoms with E-state index in [4.69, 9.17) is 4.74 Å². The van der Waals surface area contributed by atoms with Crippen molar-refractivity contribution in [1.29, 1.82) is 0 Å². The summed E-state index contributed by atoms with van der Waals surface area (Å²) in [4.78, 5) is 0. The number of aliphatic hydroxyl groups is 2. The average Bonchev–Trinajstić information content (AvgIpc) is 2.95. The second-order valence-electron chi connectivity index (χ2n) is 6.27. The molecule has 4 nitrogen and oxygen atoms in total. The van der Waals surface area contributed by atoms with E-state index in [1.54, 1.807) is 0 Å². The molecule has 19 heavy (non-hydrogen) atoms. The smallest absolute Gasteiger partial charge is 0.0661 e. The lowest BCUT2D eigenvalue weighted by Crippen LogP contribution is -2.69. The van der Waals surface area contributed by atoms with Gasteiger partial charge in [0.05, 0.1) is 24.9 Å². The van der Waals surface area contributed by atoms with E-state index in [-0.39, 0.29) is 18.6 Å². The van der Waals surface area contributed by atoms with E-state index < -0.39 is 5.54 Å². The first-order chi connectivity index (χ1) is 9.16. The molecule has 2 fully saturated rings. The first kappa shape index (κ1) is 15.2. The van der Waals surface area contributed by atoms with E-state index in [0.29, 0.717) is 12.1 Å². The zero-order valence-electron chi connectivity index (χ0n) is 12.3. The second kappa shape index (κ2) is 6.08. The lowest BCUT2D eigenvalue weighted by Gasteiger charge is -2.56. The lowest BCUT2D eigenvalue weighted by molar-refractivity contribution is -0.141. The minimum Gasteiger partial charge on any atom is -0.394 e. The van der Waals surface area contributed by atoms with Crippen LogP contribution >= 0.6 is 0 Å². The summed E-state index contributed by atoms with van der Waals surface area (Å²) in [6, 6.07) is 0.380. The Bertz CT molecular complexity index is 277. The molecular formula is C15H29NO3. The number of rotatable bonds is 7. The highest BCUT2D eigenvalue weighted by Crippen LogP contribution is 2.55. The highest BCUT2D eigenvalue weighted by Gasteiger charge is 2.57. The van der Waals surface area contributed by atoms with E-state index in [9.17, 15) is 10.2 Å². The second-order valence-corrected chi connectivity index (χ2v) is 6.27. The van der Waals surface area contributed by atoms with Crippen LogP contribution in [0.3, 0.4) is 0 Å². The van der Waals surface area contributed by atoms with Gasteiger partial charge in [-0.3, -0.25) is 0 Å². The van der Waals surface area contributed by atoms with Gasteiger partial charge in [0.2, 0.25) is 0 Å². The van der Waals surface area contributed by atoms with Gasteiger partial charge in [0.25, 0.3) is 0 Å². The summed E-state index contributed by atoms with van der Waals surface area (Å²) in [5.74, 6) is 0. The number of ether oxygens (including phenoxy) is 1. The number of hydrogen-bond donors (Lipinski definition) is 3. The maximum absolute atomic E-state index is 9.59. The standard InChI is InChI=1S/C15H29NO3/c1-3-14(10-17,11-18)16-12-9-13(19-4-2)15(12)7-5-6-8-15/h12-13,16-18H,3-11H2,1-2H3. The molecule has 2 saturated carbocycles. The SMILES string of the molecule is CCOC1CC(NC(CC)(CO)CO)C12CCCC2. The van der Waals surface area contributed by atoms with Gasteiger partial charge >= 0.3 is 0 Å². The molecule has 0 aliphatic heterocycles. The molecule has 0 amide bonds. The number of aliphatic hydroxyl groups excluding tert-OH is 2. The summed E-state index contributed by atoms with van der Waals surface area (Å²) >= 11 is 0. The van der Waals surface area contributed by atoms with Crippen LogP contribution in [0.25, 0.3) is 0 Å². The monoisotopic (exact) mass is 271 g/mol. The van der Waals surface area contributed by atoms with Crippen LogP contribution in [0.4, 0.5) is 0 Å². The van der Waals surface area contributed by atoms with Crippen LogP contribution in [0.15, 0.2) is 0 Å². The van der Waals surface area contributed by atoms with E-state index >= 15 is 0 Å². The van der Waals surface area contributed by atoms with E-state index in [2.05, 4.69) is 12.2 Å². The molecule has 2 atom stereocenters. The Kier molecular flexibility index (Phi) is 4.88. The molecular weight excluding hydrogens is 242 g/mol. The topological polar surface area (TPSA) is 61.7 Å². The summed E-state index contributed by atoms with van der Waals surface area (Å²) in [6.07, 6.45) is 7.10. The molecule has 0 aromatic carbocycles. The first-order valence-electron chi connectivity index (χ1n) is 7.77. The van der Waals surface area contributed by atoms with Gasteiger partial charge in [0.1, 0.15) is 0 Å². The number of nitrogens with one attached hydrogen (secondary N) is 1. The predicted octanol–water partition coefficient (Wildman–Crippen LogP) is 1.45. The fourth-order valence-electron chi connectivity index (χ4n) is 3.93. The van der Waals surface area contributed by atoms with Gasteiger partial charge in [0.15, 0.2) is 0 Å². The van der Waals surface area contributed by atoms with Crippen LogP contribution in [0.2, 0.25) is 0 Å². The van der Waals surface area contributed by atoms with Gasteiger partial charge in [-0.2, -0.15) is 0 Å². The summed E-state index contributed by atoms with van der Waals surface area (Å²) in [5.41, 5.74) is -0.280. The molecule has 2 unspecified atom stereocenters. The van der Waals surface area contributed by atoms with Crippen molar-refractivity contribution in [2.75, 3.05) is 19.8 Å². The minimum atomic E-state index is -0.530. The first-order valence-corrected chi connectivity index (χ1v) is 7.77. The van der Waals surface area contributed by atoms with E-state index in [1.807, 2.05) is 6.92 Å². The minimum absolute atomic E-state index is 0.00805. The highest BCUT2D eigenvalue weighted by atomic mass is 16.5. The summed E-state index contributed by atoms with van der Waals surface area (Å²) < 4.78 is 5.90. The van der Waals surface area contributed by atoms with Gasteiger partial charge in [0, 0.05) is 18.1 Å².